The molecule has 2 aromatic rings. The Morgan fingerprint density at radius 3 is 2.44 bits per heavy atom. The van der Waals surface area contributed by atoms with Crippen molar-refractivity contribution >= 4 is 40.0 Å². The van der Waals surface area contributed by atoms with Crippen molar-refractivity contribution in [1.29, 1.82) is 0 Å². The summed E-state index contributed by atoms with van der Waals surface area (Å²) >= 11 is 2.74. The molecule has 0 radical (unpaired) electrons. The lowest BCUT2D eigenvalue weighted by molar-refractivity contribution is -0.128. The molecule has 1 aromatic carbocycles. The lowest BCUT2D eigenvalue weighted by atomic mass is 10.1. The number of likely N-dealkylation sites (N-methyl/N-ethyl adjacent to an activating group) is 1. The maximum atomic E-state index is 12.6. The van der Waals surface area contributed by atoms with Crippen molar-refractivity contribution in [3.63, 3.8) is 0 Å². The molecule has 1 heterocycles. The van der Waals surface area contributed by atoms with Gasteiger partial charge >= 0.3 is 0 Å². The molecule has 3 rings (SSSR count). The van der Waals surface area contributed by atoms with E-state index in [0.717, 1.165) is 18.4 Å². The normalized spacial score (nSPS) is 14.8. The summed E-state index contributed by atoms with van der Waals surface area (Å²) in [7, 11) is 3.49. The Balaban J connectivity index is 1.83. The molecule has 0 saturated heterocycles. The van der Waals surface area contributed by atoms with E-state index in [4.69, 9.17) is 0 Å². The molecule has 1 unspecified atom stereocenters. The summed E-state index contributed by atoms with van der Waals surface area (Å²) in [4.78, 5) is 27.8. The van der Waals surface area contributed by atoms with Gasteiger partial charge in [0.1, 0.15) is 5.25 Å². The van der Waals surface area contributed by atoms with Crippen LogP contribution in [0.25, 0.3) is 0 Å². The Hall–Kier alpha value is -1.93. The number of hydrogen-bond donors (Lipinski definition) is 0. The zero-order valence-electron chi connectivity index (χ0n) is 14.4. The van der Waals surface area contributed by atoms with Gasteiger partial charge in [0.25, 0.3) is 0 Å². The maximum Gasteiger partial charge on any atom is 0.240 e. The molecule has 8 heteroatoms. The first-order valence-electron chi connectivity index (χ1n) is 8.03. The van der Waals surface area contributed by atoms with Crippen LogP contribution in [0.2, 0.25) is 0 Å². The zero-order chi connectivity index (χ0) is 18.0. The number of thioether (sulfide) groups is 1. The Bertz CT molecular complexity index is 759. The molecule has 1 aliphatic rings. The molecule has 1 saturated carbocycles. The minimum atomic E-state index is -0.385. The number of carbonyl (C=O) groups is 2. The highest BCUT2D eigenvalue weighted by atomic mass is 32.2. The fourth-order valence-corrected chi connectivity index (χ4v) is 4.75. The summed E-state index contributed by atoms with van der Waals surface area (Å²) in [5.41, 5.74) is 0.925. The van der Waals surface area contributed by atoms with Crippen LogP contribution < -0.4 is 4.90 Å². The Morgan fingerprint density at radius 2 is 1.88 bits per heavy atom. The van der Waals surface area contributed by atoms with E-state index in [-0.39, 0.29) is 23.1 Å². The molecule has 1 atom stereocenters. The molecule has 2 amide bonds. The maximum absolute atomic E-state index is 12.6. The van der Waals surface area contributed by atoms with Gasteiger partial charge in [0.2, 0.25) is 16.9 Å². The quantitative estimate of drug-likeness (QED) is 0.573. The molecule has 132 valence electrons. The molecule has 0 spiro atoms. The third-order valence-corrected chi connectivity index (χ3v) is 6.09. The predicted octanol–water partition coefficient (Wildman–Crippen LogP) is 2.98. The van der Waals surface area contributed by atoms with E-state index < -0.39 is 0 Å². The number of hydrogen-bond acceptors (Lipinski definition) is 6. The average Bonchev–Trinajstić information content (AvgIpc) is 3.31. The average molecular weight is 377 g/mol. The highest BCUT2D eigenvalue weighted by molar-refractivity contribution is 8.01. The van der Waals surface area contributed by atoms with Crippen molar-refractivity contribution in [3.05, 3.63) is 35.9 Å². The van der Waals surface area contributed by atoms with Gasteiger partial charge in [-0.3, -0.25) is 14.5 Å². The van der Waals surface area contributed by atoms with Crippen molar-refractivity contribution in [2.24, 2.45) is 0 Å². The van der Waals surface area contributed by atoms with Gasteiger partial charge in [-0.15, -0.1) is 10.2 Å². The van der Waals surface area contributed by atoms with Crippen LogP contribution in [0, 0.1) is 0 Å². The molecule has 6 nitrogen and oxygen atoms in total. The van der Waals surface area contributed by atoms with Crippen LogP contribution in [0.3, 0.4) is 0 Å². The third-order valence-electron chi connectivity index (χ3n) is 3.84. The number of anilines is 1. The van der Waals surface area contributed by atoms with Crippen LogP contribution >= 0.6 is 23.1 Å². The lowest BCUT2D eigenvalue weighted by Gasteiger charge is -2.19. The van der Waals surface area contributed by atoms with Gasteiger partial charge in [-0.05, 0) is 18.4 Å². The molecule has 0 N–H and O–H groups in total. The largest absolute Gasteiger partial charge is 0.348 e. The summed E-state index contributed by atoms with van der Waals surface area (Å²) in [5.74, 6) is -0.0160. The molecule has 25 heavy (non-hydrogen) atoms. The molecular formula is C17H20N4O2S2. The van der Waals surface area contributed by atoms with Crippen molar-refractivity contribution in [1.82, 2.24) is 15.1 Å². The van der Waals surface area contributed by atoms with Crippen LogP contribution in [-0.2, 0) is 9.59 Å². The first kappa shape index (κ1) is 17.9. The van der Waals surface area contributed by atoms with E-state index in [1.165, 1.54) is 23.1 Å². The second-order valence-corrected chi connectivity index (χ2v) is 8.42. The van der Waals surface area contributed by atoms with Gasteiger partial charge in [0.15, 0.2) is 4.34 Å². The third kappa shape index (κ3) is 4.19. The van der Waals surface area contributed by atoms with E-state index in [0.29, 0.717) is 9.47 Å². The van der Waals surface area contributed by atoms with Gasteiger partial charge < -0.3 is 4.90 Å². The second kappa shape index (κ2) is 7.53. The monoisotopic (exact) mass is 376 g/mol. The van der Waals surface area contributed by atoms with E-state index in [1.54, 1.807) is 30.8 Å². The molecule has 0 aliphatic heterocycles. The van der Waals surface area contributed by atoms with Crippen molar-refractivity contribution in [2.45, 2.75) is 35.4 Å². The Morgan fingerprint density at radius 1 is 1.20 bits per heavy atom. The first-order chi connectivity index (χ1) is 12.0. The Kier molecular flexibility index (Phi) is 5.39. The highest BCUT2D eigenvalue weighted by Gasteiger charge is 2.34. The molecular weight excluding hydrogens is 356 g/mol. The number of amides is 2. The SMILES string of the molecule is CC(=O)N(c1nnc(SC(C(=O)N(C)C)c2ccccc2)s1)C1CC1. The summed E-state index contributed by atoms with van der Waals surface area (Å²) in [6.45, 7) is 1.55. The van der Waals surface area contributed by atoms with Gasteiger partial charge in [-0.1, -0.05) is 53.4 Å². The van der Waals surface area contributed by atoms with E-state index in [2.05, 4.69) is 10.2 Å². The van der Waals surface area contributed by atoms with Crippen molar-refractivity contribution < 1.29 is 9.59 Å². The van der Waals surface area contributed by atoms with Crippen LogP contribution in [0.1, 0.15) is 30.6 Å². The van der Waals surface area contributed by atoms with E-state index in [9.17, 15) is 9.59 Å². The number of aromatic nitrogens is 2. The summed E-state index contributed by atoms with van der Waals surface area (Å²) in [5, 5.41) is 8.61. The minimum Gasteiger partial charge on any atom is -0.348 e. The van der Waals surface area contributed by atoms with Crippen LogP contribution in [0.5, 0.6) is 0 Å². The minimum absolute atomic E-state index is 0.00133. The van der Waals surface area contributed by atoms with E-state index in [1.807, 2.05) is 30.3 Å². The summed E-state index contributed by atoms with van der Waals surface area (Å²) < 4.78 is 0.686. The standard InChI is InChI=1S/C17H20N4O2S2/c1-11(22)21(13-9-10-13)16-18-19-17(25-16)24-14(15(23)20(2)3)12-7-5-4-6-8-12/h4-8,13-14H,9-10H2,1-3H3. The first-order valence-corrected chi connectivity index (χ1v) is 9.73. The number of nitrogens with zero attached hydrogens (tertiary/aromatic N) is 4. The van der Waals surface area contributed by atoms with E-state index >= 15 is 0 Å². The predicted molar refractivity (Wildman–Crippen MR) is 99.8 cm³/mol. The molecule has 1 aromatic heterocycles. The van der Waals surface area contributed by atoms with Crippen LogP contribution in [0.15, 0.2) is 34.7 Å². The van der Waals surface area contributed by atoms with Gasteiger partial charge in [0, 0.05) is 27.1 Å². The Labute approximate surface area is 155 Å². The lowest BCUT2D eigenvalue weighted by Crippen LogP contribution is -2.30. The fourth-order valence-electron chi connectivity index (χ4n) is 2.45. The smallest absolute Gasteiger partial charge is 0.240 e. The second-order valence-electron chi connectivity index (χ2n) is 6.11. The van der Waals surface area contributed by atoms with Crippen molar-refractivity contribution in [3.8, 4) is 0 Å². The summed E-state index contributed by atoms with van der Waals surface area (Å²) in [6, 6.07) is 9.88. The highest BCUT2D eigenvalue weighted by Crippen LogP contribution is 2.41. The molecule has 0 bridgehead atoms. The fraction of sp³-hybridized carbons (Fsp3) is 0.412. The van der Waals surface area contributed by atoms with Crippen LogP contribution in [-0.4, -0.2) is 47.0 Å². The topological polar surface area (TPSA) is 66.4 Å². The zero-order valence-corrected chi connectivity index (χ0v) is 16.0. The number of benzene rings is 1. The molecule has 1 aliphatic carbocycles. The molecule has 1 fully saturated rings. The van der Waals surface area contributed by atoms with Crippen molar-refractivity contribution in [2.75, 3.05) is 19.0 Å². The number of carbonyl (C=O) groups excluding carboxylic acids is 2. The number of rotatable bonds is 6. The van der Waals surface area contributed by atoms with Gasteiger partial charge in [0.05, 0.1) is 0 Å². The van der Waals surface area contributed by atoms with Crippen LogP contribution in [0.4, 0.5) is 5.13 Å². The summed E-state index contributed by atoms with van der Waals surface area (Å²) in [6.07, 6.45) is 2.01. The van der Waals surface area contributed by atoms with Gasteiger partial charge in [-0.25, -0.2) is 0 Å². The van der Waals surface area contributed by atoms with Gasteiger partial charge in [-0.2, -0.15) is 0 Å².